The molecule has 1 N–H and O–H groups in total. The molecule has 1 atom stereocenters. The van der Waals surface area contributed by atoms with Gasteiger partial charge in [-0.25, -0.2) is 0 Å². The molecule has 1 aromatic heterocycles. The van der Waals surface area contributed by atoms with E-state index < -0.39 is 0 Å². The molecule has 4 heteroatoms. The number of carbonyl (C=O) groups is 2. The Bertz CT molecular complexity index is 398. The van der Waals surface area contributed by atoms with Gasteiger partial charge in [0.15, 0.2) is 0 Å². The highest BCUT2D eigenvalue weighted by Gasteiger charge is 2.28. The first kappa shape index (κ1) is 9.83. The molecule has 1 unspecified atom stereocenters. The predicted octanol–water partition coefficient (Wildman–Crippen LogP) is 0.910. The van der Waals surface area contributed by atoms with Crippen LogP contribution in [0.25, 0.3) is 0 Å². The number of piperidine rings is 1. The van der Waals surface area contributed by atoms with E-state index in [2.05, 4.69) is 10.3 Å². The lowest BCUT2D eigenvalue weighted by Gasteiger charge is -2.20. The number of hydrogen-bond acceptors (Lipinski definition) is 3. The van der Waals surface area contributed by atoms with Gasteiger partial charge in [-0.2, -0.15) is 0 Å². The first-order valence-corrected chi connectivity index (χ1v) is 4.93. The van der Waals surface area contributed by atoms with Crippen LogP contribution in [0.2, 0.25) is 0 Å². The summed E-state index contributed by atoms with van der Waals surface area (Å²) in [6.07, 6.45) is 2.69. The predicted molar refractivity (Wildman–Crippen MR) is 54.1 cm³/mol. The van der Waals surface area contributed by atoms with E-state index in [1.165, 1.54) is 0 Å². The van der Waals surface area contributed by atoms with Crippen LogP contribution < -0.4 is 5.32 Å². The van der Waals surface area contributed by atoms with Crippen molar-refractivity contribution in [1.82, 2.24) is 10.3 Å². The number of aryl methyl sites for hydroxylation is 1. The Kier molecular flexibility index (Phi) is 2.49. The molecule has 1 aliphatic heterocycles. The fraction of sp³-hybridized carbons (Fsp3) is 0.364. The summed E-state index contributed by atoms with van der Waals surface area (Å²) in [4.78, 5) is 26.7. The van der Waals surface area contributed by atoms with E-state index in [1.54, 1.807) is 6.20 Å². The molecule has 2 amide bonds. The summed E-state index contributed by atoms with van der Waals surface area (Å²) in [5.41, 5.74) is 1.80. The van der Waals surface area contributed by atoms with Crippen molar-refractivity contribution in [2.24, 2.45) is 0 Å². The summed E-state index contributed by atoms with van der Waals surface area (Å²) < 4.78 is 0. The van der Waals surface area contributed by atoms with Crippen LogP contribution in [0.4, 0.5) is 0 Å². The normalized spacial score (nSPS) is 21.3. The fourth-order valence-corrected chi connectivity index (χ4v) is 1.66. The second kappa shape index (κ2) is 3.81. The van der Waals surface area contributed by atoms with Crippen LogP contribution in [0.3, 0.4) is 0 Å². The van der Waals surface area contributed by atoms with E-state index >= 15 is 0 Å². The Hall–Kier alpha value is -1.71. The van der Waals surface area contributed by atoms with Crippen LogP contribution >= 0.6 is 0 Å². The molecule has 1 saturated heterocycles. The van der Waals surface area contributed by atoms with E-state index in [1.807, 2.05) is 19.1 Å². The van der Waals surface area contributed by atoms with Crippen molar-refractivity contribution in [1.29, 1.82) is 0 Å². The SMILES string of the molecule is Cc1ccc(C2CCC(=O)NC2=O)nc1. The molecule has 0 aromatic carbocycles. The van der Waals surface area contributed by atoms with Crippen LogP contribution in [0, 0.1) is 6.92 Å². The molecule has 4 nitrogen and oxygen atoms in total. The maximum absolute atomic E-state index is 11.5. The van der Waals surface area contributed by atoms with Crippen LogP contribution in [0.15, 0.2) is 18.3 Å². The quantitative estimate of drug-likeness (QED) is 0.692. The highest BCUT2D eigenvalue weighted by molar-refractivity contribution is 6.00. The molecule has 15 heavy (non-hydrogen) atoms. The molecule has 0 aliphatic carbocycles. The van der Waals surface area contributed by atoms with Gasteiger partial charge in [0.2, 0.25) is 11.8 Å². The van der Waals surface area contributed by atoms with Crippen molar-refractivity contribution in [3.05, 3.63) is 29.6 Å². The number of rotatable bonds is 1. The molecule has 2 rings (SSSR count). The Balaban J connectivity index is 2.20. The molecular weight excluding hydrogens is 192 g/mol. The lowest BCUT2D eigenvalue weighted by Crippen LogP contribution is -2.39. The van der Waals surface area contributed by atoms with Crippen molar-refractivity contribution in [3.63, 3.8) is 0 Å². The number of nitrogens with one attached hydrogen (secondary N) is 1. The molecule has 1 fully saturated rings. The number of nitrogens with zero attached hydrogens (tertiary/aromatic N) is 1. The maximum atomic E-state index is 11.5. The van der Waals surface area contributed by atoms with E-state index in [0.29, 0.717) is 12.8 Å². The van der Waals surface area contributed by atoms with Gasteiger partial charge in [-0.1, -0.05) is 6.07 Å². The Morgan fingerprint density at radius 2 is 2.20 bits per heavy atom. The summed E-state index contributed by atoms with van der Waals surface area (Å²) in [7, 11) is 0. The highest BCUT2D eigenvalue weighted by atomic mass is 16.2. The zero-order chi connectivity index (χ0) is 10.8. The largest absolute Gasteiger partial charge is 0.296 e. The maximum Gasteiger partial charge on any atom is 0.235 e. The highest BCUT2D eigenvalue weighted by Crippen LogP contribution is 2.22. The number of aromatic nitrogens is 1. The third kappa shape index (κ3) is 2.03. The van der Waals surface area contributed by atoms with Gasteiger partial charge >= 0.3 is 0 Å². The minimum Gasteiger partial charge on any atom is -0.296 e. The van der Waals surface area contributed by atoms with E-state index in [-0.39, 0.29) is 17.7 Å². The summed E-state index contributed by atoms with van der Waals surface area (Å²) in [6, 6.07) is 3.77. The van der Waals surface area contributed by atoms with Crippen molar-refractivity contribution in [2.45, 2.75) is 25.7 Å². The summed E-state index contributed by atoms with van der Waals surface area (Å²) in [6.45, 7) is 1.95. The van der Waals surface area contributed by atoms with Gasteiger partial charge in [-0.05, 0) is 25.0 Å². The van der Waals surface area contributed by atoms with Gasteiger partial charge in [-0.3, -0.25) is 19.9 Å². The van der Waals surface area contributed by atoms with Gasteiger partial charge in [0.05, 0.1) is 11.6 Å². The minimum atomic E-state index is -0.275. The van der Waals surface area contributed by atoms with E-state index in [9.17, 15) is 9.59 Å². The number of hydrogen-bond donors (Lipinski definition) is 1. The number of imide groups is 1. The van der Waals surface area contributed by atoms with Gasteiger partial charge in [0.1, 0.15) is 0 Å². The average Bonchev–Trinajstić information content (AvgIpc) is 2.20. The molecule has 0 saturated carbocycles. The fourth-order valence-electron chi connectivity index (χ4n) is 1.66. The lowest BCUT2D eigenvalue weighted by atomic mass is 9.94. The Morgan fingerprint density at radius 1 is 1.40 bits per heavy atom. The van der Waals surface area contributed by atoms with Crippen molar-refractivity contribution < 1.29 is 9.59 Å². The zero-order valence-electron chi connectivity index (χ0n) is 8.49. The second-order valence-electron chi connectivity index (χ2n) is 3.76. The van der Waals surface area contributed by atoms with E-state index in [4.69, 9.17) is 0 Å². The number of pyridine rings is 1. The van der Waals surface area contributed by atoms with Gasteiger partial charge < -0.3 is 0 Å². The first-order valence-electron chi connectivity index (χ1n) is 4.93. The monoisotopic (exact) mass is 204 g/mol. The number of amides is 2. The van der Waals surface area contributed by atoms with Gasteiger partial charge in [-0.15, -0.1) is 0 Å². The van der Waals surface area contributed by atoms with Crippen LogP contribution in [0.5, 0.6) is 0 Å². The average molecular weight is 204 g/mol. The third-order valence-electron chi connectivity index (χ3n) is 2.53. The molecule has 2 heterocycles. The Labute approximate surface area is 87.7 Å². The van der Waals surface area contributed by atoms with E-state index in [0.717, 1.165) is 11.3 Å². The lowest BCUT2D eigenvalue weighted by molar-refractivity contribution is -0.134. The molecular formula is C11H12N2O2. The molecule has 78 valence electrons. The molecule has 0 spiro atoms. The summed E-state index contributed by atoms with van der Waals surface area (Å²) in [5.74, 6) is -0.700. The number of carbonyl (C=O) groups excluding carboxylic acids is 2. The third-order valence-corrected chi connectivity index (χ3v) is 2.53. The van der Waals surface area contributed by atoms with Crippen molar-refractivity contribution >= 4 is 11.8 Å². The van der Waals surface area contributed by atoms with Crippen LogP contribution in [-0.4, -0.2) is 16.8 Å². The topological polar surface area (TPSA) is 59.1 Å². The van der Waals surface area contributed by atoms with Crippen molar-refractivity contribution in [3.8, 4) is 0 Å². The second-order valence-corrected chi connectivity index (χ2v) is 3.76. The van der Waals surface area contributed by atoms with Crippen LogP contribution in [0.1, 0.15) is 30.0 Å². The molecule has 0 radical (unpaired) electrons. The zero-order valence-corrected chi connectivity index (χ0v) is 8.49. The van der Waals surface area contributed by atoms with Gasteiger partial charge in [0, 0.05) is 12.6 Å². The first-order chi connectivity index (χ1) is 7.16. The smallest absolute Gasteiger partial charge is 0.235 e. The van der Waals surface area contributed by atoms with Gasteiger partial charge in [0.25, 0.3) is 0 Å². The Morgan fingerprint density at radius 3 is 2.80 bits per heavy atom. The minimum absolute atomic E-state index is 0.191. The van der Waals surface area contributed by atoms with Crippen molar-refractivity contribution in [2.75, 3.05) is 0 Å². The summed E-state index contributed by atoms with van der Waals surface area (Å²) in [5, 5.41) is 2.32. The van der Waals surface area contributed by atoms with Crippen LogP contribution in [-0.2, 0) is 9.59 Å². The molecule has 1 aromatic rings. The summed E-state index contributed by atoms with van der Waals surface area (Å²) >= 11 is 0. The molecule has 1 aliphatic rings. The standard InChI is InChI=1S/C11H12N2O2/c1-7-2-4-9(12-6-7)8-3-5-10(14)13-11(8)15/h2,4,6,8H,3,5H2,1H3,(H,13,14,15). The molecule has 0 bridgehead atoms.